The van der Waals surface area contributed by atoms with Crippen molar-refractivity contribution in [3.8, 4) is 0 Å². The Bertz CT molecular complexity index is 897. The average molecular weight is 429 g/mol. The number of aromatic nitrogens is 1. The molecule has 4 rings (SSSR count). The maximum Gasteiger partial charge on any atom is 0.347 e. The molecule has 0 bridgehead atoms. The zero-order valence-corrected chi connectivity index (χ0v) is 17.8. The fourth-order valence-electron chi connectivity index (χ4n) is 5.01. The van der Waals surface area contributed by atoms with Gasteiger partial charge in [-0.25, -0.2) is 4.79 Å². The lowest BCUT2D eigenvalue weighted by Gasteiger charge is -2.38. The molecule has 1 aliphatic heterocycles. The van der Waals surface area contributed by atoms with Gasteiger partial charge in [-0.2, -0.15) is 0 Å². The van der Waals surface area contributed by atoms with Crippen molar-refractivity contribution in [3.05, 3.63) is 48.2 Å². The molecular formula is C23H30N3O5+. The van der Waals surface area contributed by atoms with Gasteiger partial charge in [-0.15, -0.1) is 0 Å². The fraction of sp³-hybridized carbons (Fsp3) is 0.522. The van der Waals surface area contributed by atoms with Crippen LogP contribution < -0.4 is 5.32 Å². The van der Waals surface area contributed by atoms with Gasteiger partial charge >= 0.3 is 5.97 Å². The molecule has 2 aromatic rings. The van der Waals surface area contributed by atoms with E-state index in [0.717, 1.165) is 32.1 Å². The quantitative estimate of drug-likeness (QED) is 0.519. The van der Waals surface area contributed by atoms with Crippen LogP contribution in [0, 0.1) is 5.92 Å². The van der Waals surface area contributed by atoms with E-state index in [1.165, 1.54) is 6.26 Å². The Morgan fingerprint density at radius 1 is 1.19 bits per heavy atom. The minimum atomic E-state index is -1.67. The van der Waals surface area contributed by atoms with Crippen LogP contribution in [0.5, 0.6) is 0 Å². The number of rotatable bonds is 7. The monoisotopic (exact) mass is 428 g/mol. The topological polar surface area (TPSA) is 102 Å². The summed E-state index contributed by atoms with van der Waals surface area (Å²) in [6.07, 6.45) is 5.94. The van der Waals surface area contributed by atoms with Crippen molar-refractivity contribution in [2.75, 3.05) is 25.5 Å². The van der Waals surface area contributed by atoms with Crippen LogP contribution in [0.15, 0.2) is 47.2 Å². The molecule has 1 saturated heterocycles. The molecule has 1 aromatic heterocycles. The number of quaternary nitrogens is 1. The summed E-state index contributed by atoms with van der Waals surface area (Å²) >= 11 is 0. The summed E-state index contributed by atoms with van der Waals surface area (Å²) in [5.74, 6) is -0.658. The number of likely N-dealkylation sites (tertiary alicyclic amines) is 1. The summed E-state index contributed by atoms with van der Waals surface area (Å²) in [4.78, 5) is 26.0. The highest BCUT2D eigenvalue weighted by molar-refractivity contribution is 5.90. The molecule has 2 aliphatic rings. The Labute approximate surface area is 181 Å². The van der Waals surface area contributed by atoms with Crippen LogP contribution in [0.4, 0.5) is 5.82 Å². The number of carbonyl (C=O) groups excluding carboxylic acids is 2. The highest BCUT2D eigenvalue weighted by Crippen LogP contribution is 2.42. The van der Waals surface area contributed by atoms with Gasteiger partial charge in [0.15, 0.2) is 18.0 Å². The number of anilines is 1. The van der Waals surface area contributed by atoms with Crippen LogP contribution in [0.25, 0.3) is 0 Å². The largest absolute Gasteiger partial charge is 0.410 e. The number of hydrogen-bond donors (Lipinski definition) is 2. The number of amides is 1. The summed E-state index contributed by atoms with van der Waals surface area (Å²) in [7, 11) is 1.91. The number of nitrogens with zero attached hydrogens (tertiary/aromatic N) is 2. The third-order valence-electron chi connectivity index (χ3n) is 6.74. The Balaban J connectivity index is 1.50. The van der Waals surface area contributed by atoms with E-state index in [1.807, 2.05) is 25.2 Å². The van der Waals surface area contributed by atoms with Crippen LogP contribution in [-0.4, -0.2) is 53.0 Å². The van der Waals surface area contributed by atoms with Crippen LogP contribution in [0.3, 0.4) is 0 Å². The van der Waals surface area contributed by atoms with E-state index in [4.69, 9.17) is 9.26 Å². The lowest BCUT2D eigenvalue weighted by molar-refractivity contribution is -0.932. The minimum absolute atomic E-state index is 0.137. The maximum absolute atomic E-state index is 13.4. The van der Waals surface area contributed by atoms with Crippen molar-refractivity contribution in [1.82, 2.24) is 5.16 Å². The Morgan fingerprint density at radius 2 is 1.94 bits per heavy atom. The van der Waals surface area contributed by atoms with Gasteiger partial charge in [-0.05, 0) is 18.4 Å². The number of carbonyl (C=O) groups is 2. The Kier molecular flexibility index (Phi) is 6.11. The lowest BCUT2D eigenvalue weighted by atomic mass is 9.80. The normalized spacial score (nSPS) is 25.8. The first kappa shape index (κ1) is 21.5. The molecular weight excluding hydrogens is 398 g/mol. The van der Waals surface area contributed by atoms with E-state index >= 15 is 0 Å². The van der Waals surface area contributed by atoms with Crippen LogP contribution in [-0.2, 0) is 19.9 Å². The van der Waals surface area contributed by atoms with Crippen LogP contribution in [0.2, 0.25) is 0 Å². The number of esters is 1. The van der Waals surface area contributed by atoms with Gasteiger partial charge < -0.3 is 19.7 Å². The predicted molar refractivity (Wildman–Crippen MR) is 112 cm³/mol. The van der Waals surface area contributed by atoms with Crippen molar-refractivity contribution in [2.45, 2.75) is 50.4 Å². The molecule has 1 aromatic carbocycles. The van der Waals surface area contributed by atoms with Gasteiger partial charge in [0.2, 0.25) is 6.23 Å². The van der Waals surface area contributed by atoms with Crippen molar-refractivity contribution in [2.24, 2.45) is 5.92 Å². The van der Waals surface area contributed by atoms with Crippen molar-refractivity contribution < 1.29 is 28.4 Å². The van der Waals surface area contributed by atoms with Crippen molar-refractivity contribution in [3.63, 3.8) is 0 Å². The number of benzene rings is 1. The summed E-state index contributed by atoms with van der Waals surface area (Å²) in [5, 5.41) is 18.1. The number of ether oxygens (including phenoxy) is 1. The maximum atomic E-state index is 13.4. The van der Waals surface area contributed by atoms with Crippen molar-refractivity contribution in [1.29, 1.82) is 0 Å². The summed E-state index contributed by atoms with van der Waals surface area (Å²) < 4.78 is 11.0. The average Bonchev–Trinajstić information content (AvgIpc) is 3.52. The SMILES string of the molecule is C[N+]1(CC(=O)Nc2ccon2)CCCC1OC(=O)C(O)(c1ccccc1)C1CCCC1. The number of aliphatic hydroxyl groups is 1. The summed E-state index contributed by atoms with van der Waals surface area (Å²) in [6.45, 7) is 0.843. The minimum Gasteiger partial charge on any atom is -0.410 e. The number of hydrogen-bond acceptors (Lipinski definition) is 6. The second-order valence-corrected chi connectivity index (χ2v) is 8.91. The van der Waals surface area contributed by atoms with Gasteiger partial charge in [0.05, 0.1) is 13.6 Å². The van der Waals surface area contributed by atoms with E-state index < -0.39 is 17.8 Å². The van der Waals surface area contributed by atoms with Gasteiger partial charge in [0.25, 0.3) is 5.91 Å². The molecule has 8 nitrogen and oxygen atoms in total. The van der Waals surface area contributed by atoms with Crippen molar-refractivity contribution >= 4 is 17.7 Å². The Morgan fingerprint density at radius 3 is 2.61 bits per heavy atom. The van der Waals surface area contributed by atoms with E-state index in [9.17, 15) is 14.7 Å². The van der Waals surface area contributed by atoms with E-state index in [2.05, 4.69) is 10.5 Å². The standard InChI is InChI=1S/C23H29N3O5/c1-26(16-20(27)24-19-13-15-30-25-19)14-7-12-21(26)31-22(28)23(29,18-10-5-6-11-18)17-8-3-2-4-9-17/h2-4,8-9,13,15,18,21,29H,5-7,10-12,14,16H2,1H3/p+1. The van der Waals surface area contributed by atoms with Gasteiger partial charge in [0, 0.05) is 24.8 Å². The van der Waals surface area contributed by atoms with Gasteiger partial charge in [-0.1, -0.05) is 48.3 Å². The molecule has 166 valence electrons. The predicted octanol–water partition coefficient (Wildman–Crippen LogP) is 2.80. The van der Waals surface area contributed by atoms with Gasteiger partial charge in [0.1, 0.15) is 6.26 Å². The second-order valence-electron chi connectivity index (χ2n) is 8.91. The number of likely N-dealkylation sites (N-methyl/N-ethyl adjacent to an activating group) is 1. The van der Waals surface area contributed by atoms with Gasteiger partial charge in [-0.3, -0.25) is 9.28 Å². The molecule has 8 heteroatoms. The molecule has 0 radical (unpaired) electrons. The molecule has 1 aliphatic carbocycles. The molecule has 1 saturated carbocycles. The zero-order valence-electron chi connectivity index (χ0n) is 17.8. The van der Waals surface area contributed by atoms with E-state index in [0.29, 0.717) is 24.3 Å². The molecule has 2 heterocycles. The first-order valence-corrected chi connectivity index (χ1v) is 11.0. The zero-order chi connectivity index (χ0) is 21.9. The molecule has 1 amide bonds. The van der Waals surface area contributed by atoms with E-state index in [1.54, 1.807) is 18.2 Å². The van der Waals surface area contributed by atoms with Crippen LogP contribution >= 0.6 is 0 Å². The number of nitrogens with one attached hydrogen (secondary N) is 1. The highest BCUT2D eigenvalue weighted by Gasteiger charge is 2.51. The highest BCUT2D eigenvalue weighted by atomic mass is 16.6. The smallest absolute Gasteiger partial charge is 0.347 e. The third-order valence-corrected chi connectivity index (χ3v) is 6.74. The second kappa shape index (κ2) is 8.80. The molecule has 2 N–H and O–H groups in total. The first-order valence-electron chi connectivity index (χ1n) is 11.0. The third kappa shape index (κ3) is 4.36. The summed E-state index contributed by atoms with van der Waals surface area (Å²) in [6, 6.07) is 10.7. The molecule has 2 fully saturated rings. The lowest BCUT2D eigenvalue weighted by Crippen LogP contribution is -2.55. The molecule has 3 atom stereocenters. The molecule has 31 heavy (non-hydrogen) atoms. The first-order chi connectivity index (χ1) is 14.9. The van der Waals surface area contributed by atoms with E-state index in [-0.39, 0.29) is 22.9 Å². The molecule has 3 unspecified atom stereocenters. The summed E-state index contributed by atoms with van der Waals surface area (Å²) in [5.41, 5.74) is -1.10. The Hall–Kier alpha value is -2.71. The molecule has 0 spiro atoms. The van der Waals surface area contributed by atoms with Crippen LogP contribution in [0.1, 0.15) is 44.1 Å². The fourth-order valence-corrected chi connectivity index (χ4v) is 5.01.